The number of carbonyl (C=O) groups is 3. The van der Waals surface area contributed by atoms with Crippen molar-refractivity contribution in [1.29, 1.82) is 0 Å². The molecule has 0 spiro atoms. The number of amides is 2. The lowest BCUT2D eigenvalue weighted by molar-refractivity contribution is -0.719. The number of carboxylic acids is 1. The van der Waals surface area contributed by atoms with E-state index in [2.05, 4.69) is 24.8 Å². The third kappa shape index (κ3) is 5.36. The maximum Gasteiger partial charge on any atom is 0.301 e. The summed E-state index contributed by atoms with van der Waals surface area (Å²) < 4.78 is 5.62. The SMILES string of the molecule is CCO/N=C(\C(=O)NC1C(=O)N2C(C(=O)[O-])=C(CSc3nc(N)c(N)c(N)[n+]3CC)CSC12)c1nsc(N)n1. The lowest BCUT2D eigenvalue weighted by Gasteiger charge is -2.50. The van der Waals surface area contributed by atoms with Crippen molar-refractivity contribution in [2.75, 3.05) is 41.0 Å². The number of nitrogens with zero attached hydrogens (tertiary/aromatic N) is 6. The van der Waals surface area contributed by atoms with E-state index in [0.717, 1.165) is 16.4 Å². The molecule has 2 aromatic heterocycles. The van der Waals surface area contributed by atoms with Crippen LogP contribution in [-0.4, -0.2) is 72.3 Å². The lowest BCUT2D eigenvalue weighted by Crippen LogP contribution is -2.71. The number of oxime groups is 1. The zero-order valence-electron chi connectivity index (χ0n) is 20.7. The van der Waals surface area contributed by atoms with Crippen molar-refractivity contribution in [3.63, 3.8) is 0 Å². The first-order valence-electron chi connectivity index (χ1n) is 11.4. The van der Waals surface area contributed by atoms with Gasteiger partial charge in [-0.25, -0.2) is 4.57 Å². The summed E-state index contributed by atoms with van der Waals surface area (Å²) in [5.41, 5.74) is 23.5. The molecule has 2 aliphatic heterocycles. The van der Waals surface area contributed by atoms with E-state index in [1.807, 2.05) is 6.92 Å². The summed E-state index contributed by atoms with van der Waals surface area (Å²) in [4.78, 5) is 52.4. The van der Waals surface area contributed by atoms with Crippen LogP contribution >= 0.6 is 35.1 Å². The normalized spacial score (nSPS) is 19.0. The Labute approximate surface area is 234 Å². The highest BCUT2D eigenvalue weighted by Gasteiger charge is 2.53. The average molecular weight is 596 g/mol. The van der Waals surface area contributed by atoms with Crippen LogP contribution in [0.2, 0.25) is 0 Å². The molecular weight excluding hydrogens is 570 g/mol. The molecule has 39 heavy (non-hydrogen) atoms. The third-order valence-corrected chi connectivity index (χ3v) is 8.61. The topological polar surface area (TPSA) is 258 Å². The Balaban J connectivity index is 1.52. The summed E-state index contributed by atoms with van der Waals surface area (Å²) in [6.45, 7) is 4.15. The highest BCUT2D eigenvalue weighted by molar-refractivity contribution is 8.01. The van der Waals surface area contributed by atoms with E-state index in [9.17, 15) is 19.5 Å². The molecule has 1 fully saturated rings. The largest absolute Gasteiger partial charge is 0.543 e. The number of β-lactam (4-membered cyclic amide) rings is 1. The quantitative estimate of drug-likeness (QED) is 0.0475. The second-order valence-corrected chi connectivity index (χ2v) is 10.9. The van der Waals surface area contributed by atoms with Crippen LogP contribution < -0.4 is 37.9 Å². The molecule has 2 aliphatic rings. The van der Waals surface area contributed by atoms with Crippen molar-refractivity contribution in [2.24, 2.45) is 5.16 Å². The van der Waals surface area contributed by atoms with Crippen molar-refractivity contribution in [2.45, 2.75) is 37.0 Å². The van der Waals surface area contributed by atoms with Gasteiger partial charge >= 0.3 is 5.16 Å². The second-order valence-electron chi connectivity index (χ2n) is 8.03. The molecule has 2 atom stereocenters. The smallest absolute Gasteiger partial charge is 0.301 e. The van der Waals surface area contributed by atoms with Crippen molar-refractivity contribution in [1.82, 2.24) is 24.6 Å². The molecule has 1 saturated heterocycles. The van der Waals surface area contributed by atoms with E-state index in [-0.39, 0.29) is 57.8 Å². The van der Waals surface area contributed by atoms with Gasteiger partial charge in [-0.3, -0.25) is 14.5 Å². The molecule has 2 amide bonds. The Morgan fingerprint density at radius 3 is 2.64 bits per heavy atom. The van der Waals surface area contributed by atoms with Crippen molar-refractivity contribution in [3.05, 3.63) is 17.1 Å². The van der Waals surface area contributed by atoms with Crippen LogP contribution in [0.5, 0.6) is 0 Å². The monoisotopic (exact) mass is 595 g/mol. The number of anilines is 4. The summed E-state index contributed by atoms with van der Waals surface area (Å²) in [5, 5.41) is 18.3. The molecule has 0 bridgehead atoms. The minimum Gasteiger partial charge on any atom is -0.543 e. The van der Waals surface area contributed by atoms with Gasteiger partial charge in [0.15, 0.2) is 10.8 Å². The average Bonchev–Trinajstić information content (AvgIpc) is 3.34. The molecule has 0 radical (unpaired) electrons. The number of aliphatic carboxylic acids is 1. The van der Waals surface area contributed by atoms with E-state index >= 15 is 0 Å². The first-order valence-corrected chi connectivity index (χ1v) is 14.2. The molecule has 0 aliphatic carbocycles. The van der Waals surface area contributed by atoms with Gasteiger partial charge < -0.3 is 43.0 Å². The molecule has 19 heteroatoms. The van der Waals surface area contributed by atoms with Gasteiger partial charge in [0.25, 0.3) is 11.8 Å². The minimum absolute atomic E-state index is 0.0557. The summed E-state index contributed by atoms with van der Waals surface area (Å²) in [5.74, 6) is -2.22. The summed E-state index contributed by atoms with van der Waals surface area (Å²) in [6.07, 6.45) is 0. The number of rotatable bonds is 10. The van der Waals surface area contributed by atoms with Gasteiger partial charge in [-0.05, 0) is 31.2 Å². The molecule has 16 nitrogen and oxygen atoms in total. The second kappa shape index (κ2) is 11.5. The number of hydrogen-bond acceptors (Lipinski definition) is 16. The molecule has 2 aromatic rings. The molecule has 2 unspecified atom stereocenters. The van der Waals surface area contributed by atoms with Gasteiger partial charge in [0.2, 0.25) is 23.2 Å². The Hall–Kier alpha value is -3.84. The number of fused-ring (bicyclic) bond motifs is 1. The predicted molar refractivity (Wildman–Crippen MR) is 144 cm³/mol. The molecule has 208 valence electrons. The maximum atomic E-state index is 13.1. The summed E-state index contributed by atoms with van der Waals surface area (Å²) in [7, 11) is 0. The lowest BCUT2D eigenvalue weighted by atomic mass is 10.0. The van der Waals surface area contributed by atoms with Crippen LogP contribution in [0.15, 0.2) is 21.6 Å². The van der Waals surface area contributed by atoms with Crippen molar-refractivity contribution >= 4 is 81.0 Å². The van der Waals surface area contributed by atoms with E-state index in [1.54, 1.807) is 11.5 Å². The van der Waals surface area contributed by atoms with Crippen LogP contribution in [0, 0.1) is 0 Å². The van der Waals surface area contributed by atoms with Gasteiger partial charge in [-0.1, -0.05) is 10.1 Å². The number of carbonyl (C=O) groups excluding carboxylic acids is 3. The fraction of sp³-hybridized carbons (Fsp3) is 0.400. The van der Waals surface area contributed by atoms with Gasteiger partial charge in [0.1, 0.15) is 18.0 Å². The van der Waals surface area contributed by atoms with Gasteiger partial charge in [0.05, 0.1) is 18.2 Å². The number of nitrogens with one attached hydrogen (secondary N) is 1. The van der Waals surface area contributed by atoms with Crippen LogP contribution in [0.3, 0.4) is 0 Å². The number of nitrogen functional groups attached to an aromatic ring is 4. The fourth-order valence-electron chi connectivity index (χ4n) is 3.81. The number of nitrogens with two attached hydrogens (primary N) is 4. The Morgan fingerprint density at radius 1 is 1.28 bits per heavy atom. The number of aromatic nitrogens is 4. The zero-order valence-corrected chi connectivity index (χ0v) is 23.2. The van der Waals surface area contributed by atoms with E-state index in [4.69, 9.17) is 27.8 Å². The van der Waals surface area contributed by atoms with Crippen LogP contribution in [-0.2, 0) is 25.8 Å². The van der Waals surface area contributed by atoms with Crippen molar-refractivity contribution in [3.8, 4) is 0 Å². The molecule has 4 rings (SSSR count). The van der Waals surface area contributed by atoms with Gasteiger partial charge in [0, 0.05) is 23.0 Å². The highest BCUT2D eigenvalue weighted by Crippen LogP contribution is 2.41. The van der Waals surface area contributed by atoms with Gasteiger partial charge in [-0.2, -0.15) is 9.36 Å². The van der Waals surface area contributed by atoms with E-state index < -0.39 is 29.2 Å². The molecule has 9 N–H and O–H groups in total. The van der Waals surface area contributed by atoms with Crippen molar-refractivity contribution < 1.29 is 28.9 Å². The molecule has 0 aromatic carbocycles. The Kier molecular flexibility index (Phi) is 8.31. The summed E-state index contributed by atoms with van der Waals surface area (Å²) >= 11 is 3.36. The first-order chi connectivity index (χ1) is 18.6. The zero-order chi connectivity index (χ0) is 28.4. The highest BCUT2D eigenvalue weighted by atomic mass is 32.2. The Morgan fingerprint density at radius 2 is 2.03 bits per heavy atom. The van der Waals surface area contributed by atoms with Crippen LogP contribution in [0.25, 0.3) is 0 Å². The van der Waals surface area contributed by atoms with E-state index in [0.29, 0.717) is 17.3 Å². The number of hydrogen-bond donors (Lipinski definition) is 5. The number of carboxylic acid groups (broad SMARTS) is 1. The number of thioether (sulfide) groups is 2. The fourth-order valence-corrected chi connectivity index (χ4v) is 6.81. The standard InChI is InChI=1S/C20H25N11O5S3/c1-3-30-13(23)8(21)12(22)26-20(30)38-6-7-5-37-17-10(16(33)31(17)11(7)18(34)35)25-15(32)9(28-36-4-2)14-27-19(24)39-29-14/h10,17H,3-6H2,1-2H3,(H9,21,22,23,24,25,27,28,29,32,34,35). The maximum absolute atomic E-state index is 13.1. The third-order valence-electron chi connectivity index (χ3n) is 5.66. The molecule has 4 heterocycles. The minimum atomic E-state index is -1.51. The van der Waals surface area contributed by atoms with Crippen LogP contribution in [0.1, 0.15) is 19.7 Å². The van der Waals surface area contributed by atoms with Crippen LogP contribution in [0.4, 0.5) is 22.5 Å². The molecule has 0 saturated carbocycles. The van der Waals surface area contributed by atoms with E-state index in [1.165, 1.54) is 23.5 Å². The Bertz CT molecular complexity index is 1400. The first kappa shape index (κ1) is 28.2. The summed E-state index contributed by atoms with van der Waals surface area (Å²) in [6, 6.07) is -1.02. The predicted octanol–water partition coefficient (Wildman–Crippen LogP) is -2.49. The molecular formula is C20H25N11O5S3. The van der Waals surface area contributed by atoms with Gasteiger partial charge in [-0.15, -0.1) is 11.8 Å².